The van der Waals surface area contributed by atoms with Gasteiger partial charge in [-0.3, -0.25) is 14.3 Å². The minimum atomic E-state index is -0.0954. The zero-order chi connectivity index (χ0) is 23.9. The molecule has 2 aromatic carbocycles. The number of carbonyl (C=O) groups excluding carboxylic acids is 1. The van der Waals surface area contributed by atoms with Crippen LogP contribution in [0.1, 0.15) is 19.4 Å². The maximum Gasteiger partial charge on any atom is 0.234 e. The average molecular weight is 473 g/mol. The second-order valence-electron chi connectivity index (χ2n) is 7.77. The molecule has 0 spiro atoms. The number of hydrogen-bond donors (Lipinski definition) is 1. The summed E-state index contributed by atoms with van der Waals surface area (Å²) in [6.07, 6.45) is 3.49. The van der Waals surface area contributed by atoms with Crippen molar-refractivity contribution in [2.24, 2.45) is 0 Å². The summed E-state index contributed by atoms with van der Waals surface area (Å²) in [4.78, 5) is 19.2. The van der Waals surface area contributed by atoms with E-state index in [0.29, 0.717) is 11.0 Å². The van der Waals surface area contributed by atoms with Crippen LogP contribution in [0.15, 0.2) is 78.2 Å². The Balaban J connectivity index is 1.50. The van der Waals surface area contributed by atoms with Crippen LogP contribution in [0.25, 0.3) is 17.1 Å². The van der Waals surface area contributed by atoms with E-state index in [0.717, 1.165) is 35.7 Å². The van der Waals surface area contributed by atoms with Gasteiger partial charge < -0.3 is 10.2 Å². The number of aryl methyl sites for hydroxylation is 1. The topological polar surface area (TPSA) is 75.9 Å². The minimum Gasteiger partial charge on any atom is -0.372 e. The molecular formula is C26H28N6OS. The molecule has 7 nitrogen and oxygen atoms in total. The average Bonchev–Trinajstić information content (AvgIpc) is 3.29. The van der Waals surface area contributed by atoms with Gasteiger partial charge in [-0.15, -0.1) is 10.2 Å². The van der Waals surface area contributed by atoms with Gasteiger partial charge in [0, 0.05) is 48.1 Å². The lowest BCUT2D eigenvalue weighted by atomic mass is 10.2. The van der Waals surface area contributed by atoms with E-state index >= 15 is 0 Å². The van der Waals surface area contributed by atoms with Gasteiger partial charge in [0.1, 0.15) is 0 Å². The molecule has 4 aromatic rings. The van der Waals surface area contributed by atoms with Crippen LogP contribution in [0.5, 0.6) is 0 Å². The summed E-state index contributed by atoms with van der Waals surface area (Å²) in [5.41, 5.74) is 4.88. The summed E-state index contributed by atoms with van der Waals surface area (Å²) in [6, 6.07) is 19.9. The fraction of sp³-hybridized carbons (Fsp3) is 0.231. The number of pyridine rings is 1. The van der Waals surface area contributed by atoms with E-state index in [1.807, 2.05) is 72.2 Å². The van der Waals surface area contributed by atoms with Crippen molar-refractivity contribution in [3.8, 4) is 17.1 Å². The van der Waals surface area contributed by atoms with Crippen LogP contribution in [0.4, 0.5) is 11.4 Å². The Bertz CT molecular complexity index is 1220. The first-order valence-electron chi connectivity index (χ1n) is 11.3. The Morgan fingerprint density at radius 2 is 1.74 bits per heavy atom. The number of aromatic nitrogens is 4. The Kier molecular flexibility index (Phi) is 7.59. The summed E-state index contributed by atoms with van der Waals surface area (Å²) < 4.78 is 1.97. The van der Waals surface area contributed by atoms with Crippen LogP contribution in [0.3, 0.4) is 0 Å². The molecule has 0 unspecified atom stereocenters. The van der Waals surface area contributed by atoms with Gasteiger partial charge in [0.25, 0.3) is 0 Å². The lowest BCUT2D eigenvalue weighted by Gasteiger charge is -2.21. The molecule has 0 saturated carbocycles. The van der Waals surface area contributed by atoms with Gasteiger partial charge in [0.2, 0.25) is 5.91 Å². The lowest BCUT2D eigenvalue weighted by Crippen LogP contribution is -2.21. The van der Waals surface area contributed by atoms with Gasteiger partial charge in [-0.05, 0) is 69.3 Å². The zero-order valence-corrected chi connectivity index (χ0v) is 20.4. The molecule has 2 aromatic heterocycles. The van der Waals surface area contributed by atoms with Crippen LogP contribution in [0.2, 0.25) is 0 Å². The van der Waals surface area contributed by atoms with E-state index in [1.54, 1.807) is 12.4 Å². The smallest absolute Gasteiger partial charge is 0.234 e. The second kappa shape index (κ2) is 11.0. The fourth-order valence-corrected chi connectivity index (χ4v) is 4.40. The Labute approximate surface area is 204 Å². The molecule has 0 aliphatic carbocycles. The second-order valence-corrected chi connectivity index (χ2v) is 8.72. The number of anilines is 2. The summed E-state index contributed by atoms with van der Waals surface area (Å²) in [5, 5.41) is 12.4. The third kappa shape index (κ3) is 5.46. The third-order valence-corrected chi connectivity index (χ3v) is 6.39. The quantitative estimate of drug-likeness (QED) is 0.337. The molecular weight excluding hydrogens is 444 g/mol. The van der Waals surface area contributed by atoms with E-state index < -0.39 is 0 Å². The summed E-state index contributed by atoms with van der Waals surface area (Å²) >= 11 is 1.35. The standard InChI is InChI=1S/C26H28N6OS/c1-4-31(5-2)22-14-10-21(11-15-22)28-24(33)18-34-26-30-29-25(20-7-6-16-27-17-20)32(26)23-12-8-19(3)9-13-23/h6-17H,4-5,18H2,1-3H3,(H,28,33). The predicted octanol–water partition coefficient (Wildman–Crippen LogP) is 5.21. The number of nitrogens with zero attached hydrogens (tertiary/aromatic N) is 5. The van der Waals surface area contributed by atoms with Gasteiger partial charge in [0.05, 0.1) is 5.75 Å². The van der Waals surface area contributed by atoms with E-state index in [9.17, 15) is 4.79 Å². The normalized spacial score (nSPS) is 10.8. The van der Waals surface area contributed by atoms with Crippen molar-refractivity contribution < 1.29 is 4.79 Å². The first-order valence-corrected chi connectivity index (χ1v) is 12.3. The van der Waals surface area contributed by atoms with Crippen molar-refractivity contribution in [2.45, 2.75) is 25.9 Å². The van der Waals surface area contributed by atoms with Crippen molar-refractivity contribution in [3.63, 3.8) is 0 Å². The van der Waals surface area contributed by atoms with Gasteiger partial charge in [-0.1, -0.05) is 29.5 Å². The molecule has 4 rings (SSSR count). The van der Waals surface area contributed by atoms with E-state index in [2.05, 4.69) is 39.2 Å². The molecule has 2 heterocycles. The van der Waals surface area contributed by atoms with Gasteiger partial charge in [0.15, 0.2) is 11.0 Å². The molecule has 0 fully saturated rings. The predicted molar refractivity (Wildman–Crippen MR) is 139 cm³/mol. The van der Waals surface area contributed by atoms with E-state index in [4.69, 9.17) is 0 Å². The molecule has 174 valence electrons. The monoisotopic (exact) mass is 472 g/mol. The Morgan fingerprint density at radius 1 is 1.00 bits per heavy atom. The van der Waals surface area contributed by atoms with Gasteiger partial charge in [-0.25, -0.2) is 0 Å². The van der Waals surface area contributed by atoms with Gasteiger partial charge in [-0.2, -0.15) is 0 Å². The molecule has 0 bridgehead atoms. The number of thioether (sulfide) groups is 1. The molecule has 34 heavy (non-hydrogen) atoms. The molecule has 0 aliphatic heterocycles. The SMILES string of the molecule is CCN(CC)c1ccc(NC(=O)CSc2nnc(-c3cccnc3)n2-c2ccc(C)cc2)cc1. The molecule has 1 N–H and O–H groups in total. The van der Waals surface area contributed by atoms with Crippen molar-refractivity contribution in [3.05, 3.63) is 78.6 Å². The zero-order valence-electron chi connectivity index (χ0n) is 19.6. The van der Waals surface area contributed by atoms with Gasteiger partial charge >= 0.3 is 0 Å². The molecule has 1 amide bonds. The van der Waals surface area contributed by atoms with Crippen LogP contribution in [-0.4, -0.2) is 44.5 Å². The highest BCUT2D eigenvalue weighted by atomic mass is 32.2. The van der Waals surface area contributed by atoms with Crippen molar-refractivity contribution in [2.75, 3.05) is 29.1 Å². The number of rotatable bonds is 9. The van der Waals surface area contributed by atoms with Crippen LogP contribution in [-0.2, 0) is 4.79 Å². The van der Waals surface area contributed by atoms with Crippen LogP contribution >= 0.6 is 11.8 Å². The first kappa shape index (κ1) is 23.5. The summed E-state index contributed by atoms with van der Waals surface area (Å²) in [5.74, 6) is 0.809. The number of nitrogens with one attached hydrogen (secondary N) is 1. The van der Waals surface area contributed by atoms with Crippen molar-refractivity contribution >= 4 is 29.0 Å². The lowest BCUT2D eigenvalue weighted by molar-refractivity contribution is -0.113. The maximum atomic E-state index is 12.7. The Morgan fingerprint density at radius 3 is 2.38 bits per heavy atom. The number of benzene rings is 2. The van der Waals surface area contributed by atoms with Crippen molar-refractivity contribution in [1.29, 1.82) is 0 Å². The highest BCUT2D eigenvalue weighted by Gasteiger charge is 2.17. The summed E-state index contributed by atoms with van der Waals surface area (Å²) in [6.45, 7) is 8.20. The number of carbonyl (C=O) groups is 1. The molecule has 0 saturated heterocycles. The first-order chi connectivity index (χ1) is 16.6. The fourth-order valence-electron chi connectivity index (χ4n) is 3.64. The van der Waals surface area contributed by atoms with Crippen LogP contribution in [0, 0.1) is 6.92 Å². The Hall–Kier alpha value is -3.65. The van der Waals surface area contributed by atoms with E-state index in [1.165, 1.54) is 17.3 Å². The molecule has 0 radical (unpaired) electrons. The highest BCUT2D eigenvalue weighted by Crippen LogP contribution is 2.28. The maximum absolute atomic E-state index is 12.7. The molecule has 0 atom stereocenters. The van der Waals surface area contributed by atoms with E-state index in [-0.39, 0.29) is 11.7 Å². The van der Waals surface area contributed by atoms with Crippen LogP contribution < -0.4 is 10.2 Å². The number of hydrogen-bond acceptors (Lipinski definition) is 6. The molecule has 0 aliphatic rings. The van der Waals surface area contributed by atoms with Crippen molar-refractivity contribution in [1.82, 2.24) is 19.7 Å². The molecule has 8 heteroatoms. The number of amides is 1. The highest BCUT2D eigenvalue weighted by molar-refractivity contribution is 7.99. The minimum absolute atomic E-state index is 0.0954. The third-order valence-electron chi connectivity index (χ3n) is 5.46. The summed E-state index contributed by atoms with van der Waals surface area (Å²) in [7, 11) is 0. The largest absolute Gasteiger partial charge is 0.372 e.